The molecular weight excluding hydrogens is 222 g/mol. The van der Waals surface area contributed by atoms with Crippen molar-refractivity contribution < 1.29 is 13.5 Å². The molecule has 0 heterocycles. The summed E-state index contributed by atoms with van der Waals surface area (Å²) in [7, 11) is 0. The predicted molar refractivity (Wildman–Crippen MR) is 63.1 cm³/mol. The summed E-state index contributed by atoms with van der Waals surface area (Å²) in [4.78, 5) is 0. The zero-order chi connectivity index (χ0) is 12.7. The normalized spacial score (nSPS) is 17.2. The maximum Gasteiger partial charge on any atom is 0.360 e. The molecule has 0 spiro atoms. The van der Waals surface area contributed by atoms with E-state index in [0.29, 0.717) is 12.8 Å². The van der Waals surface area contributed by atoms with Crippen molar-refractivity contribution in [1.82, 2.24) is 0 Å². The molecule has 0 fully saturated rings. The first kappa shape index (κ1) is 12.5. The molecule has 0 aliphatic heterocycles. The molecule has 1 aromatic rings. The lowest BCUT2D eigenvalue weighted by atomic mass is 9.95. The number of benzene rings is 1. The monoisotopic (exact) mass is 240 g/mol. The smallest absolute Gasteiger partial charge is 0.316 e. The van der Waals surface area contributed by atoms with E-state index in [0.717, 1.165) is 11.1 Å². The van der Waals surface area contributed by atoms with Crippen molar-refractivity contribution in [2.45, 2.75) is 45.8 Å². The first-order chi connectivity index (χ1) is 7.79. The van der Waals surface area contributed by atoms with Crippen LogP contribution in [0.5, 0.6) is 0 Å². The molecule has 1 nitrogen and oxygen atoms in total. The van der Waals surface area contributed by atoms with Crippen LogP contribution in [0.2, 0.25) is 0 Å². The Hall–Kier alpha value is -0.960. The average molecular weight is 240 g/mol. The number of ether oxygens (including phenoxy) is 1. The minimum absolute atomic E-state index is 0.401. The fourth-order valence-electron chi connectivity index (χ4n) is 1.99. The third-order valence-electron chi connectivity index (χ3n) is 3.20. The van der Waals surface area contributed by atoms with E-state index in [-0.39, 0.29) is 0 Å². The number of alkyl halides is 2. The van der Waals surface area contributed by atoms with Gasteiger partial charge in [0.1, 0.15) is 0 Å². The lowest BCUT2D eigenvalue weighted by Gasteiger charge is -2.32. The molecular formula is C14H18F2O. The average Bonchev–Trinajstić information content (AvgIpc) is 2.56. The molecule has 0 saturated heterocycles. The summed E-state index contributed by atoms with van der Waals surface area (Å²) in [6.45, 7) is 4.49. The molecule has 0 radical (unpaired) electrons. The van der Waals surface area contributed by atoms with Crippen LogP contribution in [0.3, 0.4) is 0 Å². The lowest BCUT2D eigenvalue weighted by Crippen LogP contribution is -2.40. The van der Waals surface area contributed by atoms with Gasteiger partial charge in [0, 0.05) is 0 Å². The minimum Gasteiger partial charge on any atom is -0.316 e. The van der Waals surface area contributed by atoms with Crippen LogP contribution in [-0.4, -0.2) is 12.2 Å². The standard InChI is InChI=1S/C14H18F2O/c1-13(2,3)14(15,16)17-12-8-10-6-4-5-7-11(10)9-12/h4-7,12H,8-9H2,1-3H3. The van der Waals surface area contributed by atoms with E-state index < -0.39 is 17.6 Å². The highest BCUT2D eigenvalue weighted by Gasteiger charge is 2.46. The van der Waals surface area contributed by atoms with Gasteiger partial charge in [-0.15, -0.1) is 0 Å². The number of fused-ring (bicyclic) bond motifs is 1. The van der Waals surface area contributed by atoms with E-state index in [1.807, 2.05) is 24.3 Å². The molecule has 0 atom stereocenters. The fraction of sp³-hybridized carbons (Fsp3) is 0.571. The largest absolute Gasteiger partial charge is 0.360 e. The van der Waals surface area contributed by atoms with Crippen LogP contribution in [0, 0.1) is 5.41 Å². The van der Waals surface area contributed by atoms with Crippen LogP contribution < -0.4 is 0 Å². The van der Waals surface area contributed by atoms with E-state index in [1.165, 1.54) is 20.8 Å². The van der Waals surface area contributed by atoms with E-state index in [2.05, 4.69) is 0 Å². The van der Waals surface area contributed by atoms with Gasteiger partial charge in [-0.25, -0.2) is 0 Å². The van der Waals surface area contributed by atoms with Crippen molar-refractivity contribution >= 4 is 0 Å². The first-order valence-corrected chi connectivity index (χ1v) is 5.92. The molecule has 3 heteroatoms. The SMILES string of the molecule is CC(C)(C)C(F)(F)OC1Cc2ccccc2C1. The second-order valence-corrected chi connectivity index (χ2v) is 5.68. The maximum atomic E-state index is 13.8. The van der Waals surface area contributed by atoms with E-state index in [1.54, 1.807) is 0 Å². The summed E-state index contributed by atoms with van der Waals surface area (Å²) >= 11 is 0. The maximum absolute atomic E-state index is 13.8. The van der Waals surface area contributed by atoms with Gasteiger partial charge in [-0.1, -0.05) is 45.0 Å². The van der Waals surface area contributed by atoms with Gasteiger partial charge >= 0.3 is 6.11 Å². The molecule has 0 aromatic heterocycles. The van der Waals surface area contributed by atoms with Gasteiger partial charge in [-0.05, 0) is 24.0 Å². The fourth-order valence-corrected chi connectivity index (χ4v) is 1.99. The highest BCUT2D eigenvalue weighted by atomic mass is 19.3. The molecule has 0 unspecified atom stereocenters. The summed E-state index contributed by atoms with van der Waals surface area (Å²) < 4.78 is 32.6. The zero-order valence-electron chi connectivity index (χ0n) is 10.5. The van der Waals surface area contributed by atoms with Gasteiger partial charge < -0.3 is 4.74 Å². The molecule has 1 aliphatic rings. The molecule has 94 valence electrons. The Kier molecular flexibility index (Phi) is 2.98. The Morgan fingerprint density at radius 1 is 1.06 bits per heavy atom. The Labute approximate surface area is 101 Å². The van der Waals surface area contributed by atoms with Gasteiger partial charge in [0.25, 0.3) is 0 Å². The number of hydrogen-bond acceptors (Lipinski definition) is 1. The van der Waals surface area contributed by atoms with Gasteiger partial charge in [-0.3, -0.25) is 0 Å². The molecule has 2 rings (SSSR count). The third kappa shape index (κ3) is 2.49. The molecule has 17 heavy (non-hydrogen) atoms. The van der Waals surface area contributed by atoms with E-state index >= 15 is 0 Å². The van der Waals surface area contributed by atoms with Gasteiger partial charge in [0.05, 0.1) is 11.5 Å². The highest BCUT2D eigenvalue weighted by Crippen LogP contribution is 2.39. The van der Waals surface area contributed by atoms with Crippen LogP contribution in [0.4, 0.5) is 8.78 Å². The summed E-state index contributed by atoms with van der Waals surface area (Å²) in [6, 6.07) is 7.83. The highest BCUT2D eigenvalue weighted by molar-refractivity contribution is 5.32. The Balaban J connectivity index is 2.05. The third-order valence-corrected chi connectivity index (χ3v) is 3.20. The van der Waals surface area contributed by atoms with Crippen molar-refractivity contribution in [2.75, 3.05) is 0 Å². The number of halogens is 2. The minimum atomic E-state index is -3.08. The first-order valence-electron chi connectivity index (χ1n) is 5.92. The van der Waals surface area contributed by atoms with E-state index in [4.69, 9.17) is 4.74 Å². The molecule has 0 bridgehead atoms. The van der Waals surface area contributed by atoms with Crippen LogP contribution in [0.1, 0.15) is 31.9 Å². The topological polar surface area (TPSA) is 9.23 Å². The van der Waals surface area contributed by atoms with Gasteiger partial charge in [0.2, 0.25) is 0 Å². The van der Waals surface area contributed by atoms with Crippen LogP contribution in [-0.2, 0) is 17.6 Å². The quantitative estimate of drug-likeness (QED) is 0.763. The van der Waals surface area contributed by atoms with Crippen molar-refractivity contribution in [3.8, 4) is 0 Å². The molecule has 0 N–H and O–H groups in total. The molecule has 0 amide bonds. The summed E-state index contributed by atoms with van der Waals surface area (Å²) in [6.07, 6.45) is -2.31. The van der Waals surface area contributed by atoms with Crippen molar-refractivity contribution in [3.63, 3.8) is 0 Å². The van der Waals surface area contributed by atoms with E-state index in [9.17, 15) is 8.78 Å². The predicted octanol–water partition coefficient (Wildman–Crippen LogP) is 3.81. The second kappa shape index (κ2) is 4.05. The number of rotatable bonds is 2. The zero-order valence-corrected chi connectivity index (χ0v) is 10.5. The second-order valence-electron chi connectivity index (χ2n) is 5.68. The molecule has 1 aliphatic carbocycles. The molecule has 1 aromatic carbocycles. The van der Waals surface area contributed by atoms with Crippen molar-refractivity contribution in [3.05, 3.63) is 35.4 Å². The summed E-state index contributed by atoms with van der Waals surface area (Å²) in [5.74, 6) is 0. The van der Waals surface area contributed by atoms with Crippen LogP contribution in [0.25, 0.3) is 0 Å². The molecule has 0 saturated carbocycles. The summed E-state index contributed by atoms with van der Waals surface area (Å²) in [5.41, 5.74) is 1.09. The van der Waals surface area contributed by atoms with Crippen LogP contribution in [0.15, 0.2) is 24.3 Å². The van der Waals surface area contributed by atoms with Gasteiger partial charge in [0.15, 0.2) is 0 Å². The van der Waals surface area contributed by atoms with Gasteiger partial charge in [-0.2, -0.15) is 8.78 Å². The van der Waals surface area contributed by atoms with Crippen LogP contribution >= 0.6 is 0 Å². The Morgan fingerprint density at radius 3 is 1.94 bits per heavy atom. The van der Waals surface area contributed by atoms with Crippen molar-refractivity contribution in [1.29, 1.82) is 0 Å². The van der Waals surface area contributed by atoms with Crippen molar-refractivity contribution in [2.24, 2.45) is 5.41 Å². The Morgan fingerprint density at radius 2 is 1.53 bits per heavy atom. The summed E-state index contributed by atoms with van der Waals surface area (Å²) in [5, 5.41) is 0. The number of hydrogen-bond donors (Lipinski definition) is 0. The lowest BCUT2D eigenvalue weighted by molar-refractivity contribution is -0.312. The Bertz CT molecular complexity index is 382.